The molecule has 0 saturated heterocycles. The molecular weight excluding hydrogens is 207 g/mol. The van der Waals surface area contributed by atoms with Crippen LogP contribution in [0.1, 0.15) is 23.0 Å². The molecule has 1 aromatic carbocycles. The van der Waals surface area contributed by atoms with Crippen molar-refractivity contribution >= 4 is 0 Å². The summed E-state index contributed by atoms with van der Waals surface area (Å²) in [7, 11) is 0. The number of benzene rings is 1. The Morgan fingerprint density at radius 2 is 2.19 bits per heavy atom. The minimum atomic E-state index is -0.735. The van der Waals surface area contributed by atoms with Gasteiger partial charge in [0.2, 0.25) is 0 Å². The van der Waals surface area contributed by atoms with Crippen molar-refractivity contribution in [3.8, 4) is 0 Å². The van der Waals surface area contributed by atoms with E-state index in [1.54, 1.807) is 37.5 Å². The molecule has 0 spiro atoms. The van der Waals surface area contributed by atoms with Crippen LogP contribution in [-0.4, -0.2) is 5.11 Å². The van der Waals surface area contributed by atoms with Gasteiger partial charge < -0.3 is 9.52 Å². The molecule has 0 aliphatic carbocycles. The fourth-order valence-electron chi connectivity index (χ4n) is 1.55. The molecule has 0 radical (unpaired) electrons. The second-order valence-electron chi connectivity index (χ2n) is 3.81. The molecule has 2 aromatic rings. The average molecular weight is 220 g/mol. The molecule has 1 heterocycles. The summed E-state index contributed by atoms with van der Waals surface area (Å²) in [5.41, 5.74) is 1.15. The van der Waals surface area contributed by atoms with Crippen molar-refractivity contribution in [2.75, 3.05) is 0 Å². The van der Waals surface area contributed by atoms with Gasteiger partial charge in [0.25, 0.3) is 0 Å². The lowest BCUT2D eigenvalue weighted by Crippen LogP contribution is -2.02. The van der Waals surface area contributed by atoms with Crippen LogP contribution in [0.25, 0.3) is 0 Å². The number of aliphatic hydroxyl groups is 1. The number of halogens is 1. The quantitative estimate of drug-likeness (QED) is 0.862. The molecular formula is C13H13FO2. The van der Waals surface area contributed by atoms with Crippen molar-refractivity contribution in [2.24, 2.45) is 0 Å². The fraction of sp³-hybridized carbons (Fsp3) is 0.231. The maximum Gasteiger partial charge on any atom is 0.126 e. The zero-order chi connectivity index (χ0) is 11.5. The first-order valence-corrected chi connectivity index (χ1v) is 5.13. The average Bonchev–Trinajstić information content (AvgIpc) is 2.74. The number of rotatable bonds is 3. The molecule has 3 heteroatoms. The maximum atomic E-state index is 13.3. The third-order valence-corrected chi connectivity index (χ3v) is 2.56. The summed E-state index contributed by atoms with van der Waals surface area (Å²) < 4.78 is 18.4. The summed E-state index contributed by atoms with van der Waals surface area (Å²) in [5.74, 6) is 0.393. The number of hydrogen-bond donors (Lipinski definition) is 1. The smallest absolute Gasteiger partial charge is 0.126 e. The van der Waals surface area contributed by atoms with E-state index in [-0.39, 0.29) is 5.82 Å². The van der Waals surface area contributed by atoms with Gasteiger partial charge in [0.05, 0.1) is 12.4 Å². The lowest BCUT2D eigenvalue weighted by atomic mass is 10.0. The van der Waals surface area contributed by atoms with Crippen molar-refractivity contribution in [3.63, 3.8) is 0 Å². The molecule has 0 bridgehead atoms. The number of furan rings is 1. The van der Waals surface area contributed by atoms with Crippen LogP contribution >= 0.6 is 0 Å². The highest BCUT2D eigenvalue weighted by atomic mass is 19.1. The molecule has 1 aromatic heterocycles. The van der Waals surface area contributed by atoms with Crippen molar-refractivity contribution in [3.05, 3.63) is 59.3 Å². The molecule has 2 nitrogen and oxygen atoms in total. The molecule has 2 rings (SSSR count). The lowest BCUT2D eigenvalue weighted by Gasteiger charge is -2.10. The van der Waals surface area contributed by atoms with Crippen LogP contribution in [-0.2, 0) is 6.42 Å². The predicted molar refractivity (Wildman–Crippen MR) is 58.5 cm³/mol. The molecule has 0 amide bonds. The summed E-state index contributed by atoms with van der Waals surface area (Å²) in [4.78, 5) is 0. The second kappa shape index (κ2) is 4.49. The van der Waals surface area contributed by atoms with Crippen molar-refractivity contribution in [1.29, 1.82) is 0 Å². The SMILES string of the molecule is Cc1ccc(C(O)Cc2ccco2)cc1F. The van der Waals surface area contributed by atoms with Crippen molar-refractivity contribution < 1.29 is 13.9 Å². The van der Waals surface area contributed by atoms with Crippen LogP contribution in [0, 0.1) is 12.7 Å². The van der Waals surface area contributed by atoms with Gasteiger partial charge in [-0.1, -0.05) is 12.1 Å². The first-order valence-electron chi connectivity index (χ1n) is 5.13. The number of aryl methyl sites for hydroxylation is 1. The van der Waals surface area contributed by atoms with Crippen LogP contribution in [0.4, 0.5) is 4.39 Å². The van der Waals surface area contributed by atoms with E-state index in [2.05, 4.69) is 0 Å². The Labute approximate surface area is 93.3 Å². The molecule has 16 heavy (non-hydrogen) atoms. The van der Waals surface area contributed by atoms with Crippen LogP contribution < -0.4 is 0 Å². The van der Waals surface area contributed by atoms with E-state index >= 15 is 0 Å². The van der Waals surface area contributed by atoms with E-state index in [9.17, 15) is 9.50 Å². The Hall–Kier alpha value is -1.61. The highest BCUT2D eigenvalue weighted by molar-refractivity contribution is 5.25. The second-order valence-corrected chi connectivity index (χ2v) is 3.81. The highest BCUT2D eigenvalue weighted by Gasteiger charge is 2.11. The Morgan fingerprint density at radius 3 is 2.81 bits per heavy atom. The molecule has 0 aliphatic heterocycles. The van der Waals surface area contributed by atoms with E-state index in [1.807, 2.05) is 0 Å². The van der Waals surface area contributed by atoms with E-state index in [0.717, 1.165) is 0 Å². The third kappa shape index (κ3) is 2.31. The highest BCUT2D eigenvalue weighted by Crippen LogP contribution is 2.20. The Bertz CT molecular complexity index is 463. The van der Waals surface area contributed by atoms with Crippen molar-refractivity contribution in [2.45, 2.75) is 19.4 Å². The topological polar surface area (TPSA) is 33.4 Å². The van der Waals surface area contributed by atoms with Gasteiger partial charge in [-0.25, -0.2) is 4.39 Å². The Balaban J connectivity index is 2.14. The van der Waals surface area contributed by atoms with Gasteiger partial charge in [-0.2, -0.15) is 0 Å². The molecule has 84 valence electrons. The summed E-state index contributed by atoms with van der Waals surface area (Å²) in [5, 5.41) is 9.88. The fourth-order valence-corrected chi connectivity index (χ4v) is 1.55. The first-order chi connectivity index (χ1) is 7.66. The third-order valence-electron chi connectivity index (χ3n) is 2.56. The first kappa shape index (κ1) is 10.9. The molecule has 1 unspecified atom stereocenters. The zero-order valence-corrected chi connectivity index (χ0v) is 8.98. The van der Waals surface area contributed by atoms with Crippen LogP contribution in [0.3, 0.4) is 0 Å². The van der Waals surface area contributed by atoms with Gasteiger partial charge in [0.15, 0.2) is 0 Å². The standard InChI is InChI=1S/C13H13FO2/c1-9-4-5-10(7-12(9)14)13(15)8-11-3-2-6-16-11/h2-7,13,15H,8H2,1H3. The Morgan fingerprint density at radius 1 is 1.38 bits per heavy atom. The van der Waals surface area contributed by atoms with Gasteiger partial charge >= 0.3 is 0 Å². The lowest BCUT2D eigenvalue weighted by molar-refractivity contribution is 0.170. The van der Waals surface area contributed by atoms with Crippen LogP contribution in [0.15, 0.2) is 41.0 Å². The van der Waals surface area contributed by atoms with Crippen LogP contribution in [0.2, 0.25) is 0 Å². The van der Waals surface area contributed by atoms with Gasteiger partial charge in [0.1, 0.15) is 11.6 Å². The monoisotopic (exact) mass is 220 g/mol. The summed E-state index contributed by atoms with van der Waals surface area (Å²) >= 11 is 0. The van der Waals surface area contributed by atoms with Gasteiger partial charge in [-0.05, 0) is 36.2 Å². The summed E-state index contributed by atoms with van der Waals surface area (Å²) in [6.45, 7) is 1.69. The minimum absolute atomic E-state index is 0.295. The van der Waals surface area contributed by atoms with Gasteiger partial charge in [0, 0.05) is 6.42 Å². The molecule has 1 atom stereocenters. The Kier molecular flexibility index (Phi) is 3.06. The summed E-state index contributed by atoms with van der Waals surface area (Å²) in [6.07, 6.45) is 1.18. The zero-order valence-electron chi connectivity index (χ0n) is 8.98. The number of hydrogen-bond acceptors (Lipinski definition) is 2. The van der Waals surface area contributed by atoms with E-state index < -0.39 is 6.10 Å². The molecule has 0 saturated carbocycles. The van der Waals surface area contributed by atoms with Crippen LogP contribution in [0.5, 0.6) is 0 Å². The molecule has 0 fully saturated rings. The predicted octanol–water partition coefficient (Wildman–Crippen LogP) is 3.00. The van der Waals surface area contributed by atoms with E-state index in [0.29, 0.717) is 23.3 Å². The molecule has 0 aliphatic rings. The van der Waals surface area contributed by atoms with E-state index in [4.69, 9.17) is 4.42 Å². The summed E-state index contributed by atoms with van der Waals surface area (Å²) in [6, 6.07) is 8.30. The minimum Gasteiger partial charge on any atom is -0.469 e. The van der Waals surface area contributed by atoms with Crippen molar-refractivity contribution in [1.82, 2.24) is 0 Å². The molecule has 1 N–H and O–H groups in total. The normalized spacial score (nSPS) is 12.7. The van der Waals surface area contributed by atoms with E-state index in [1.165, 1.54) is 6.07 Å². The maximum absolute atomic E-state index is 13.3. The number of aliphatic hydroxyl groups excluding tert-OH is 1. The van der Waals surface area contributed by atoms with Gasteiger partial charge in [-0.3, -0.25) is 0 Å². The van der Waals surface area contributed by atoms with Gasteiger partial charge in [-0.15, -0.1) is 0 Å². The largest absolute Gasteiger partial charge is 0.469 e.